The van der Waals surface area contributed by atoms with E-state index >= 15 is 4.39 Å². The zero-order chi connectivity index (χ0) is 40.5. The second-order valence-corrected chi connectivity index (χ2v) is 11.1. The minimum Gasteiger partial charge on any atom is -0.491 e. The highest BCUT2D eigenvalue weighted by Gasteiger charge is 2.39. The molecule has 0 aliphatic carbocycles. The van der Waals surface area contributed by atoms with Gasteiger partial charge in [-0.2, -0.15) is 26.3 Å². The first kappa shape index (κ1) is 42.0. The van der Waals surface area contributed by atoms with Crippen LogP contribution in [0.5, 0.6) is 5.75 Å². The number of halogens is 7. The van der Waals surface area contributed by atoms with Crippen LogP contribution in [0.15, 0.2) is 67.0 Å². The number of anilines is 2. The zero-order valence-corrected chi connectivity index (χ0v) is 28.4. The van der Waals surface area contributed by atoms with Crippen molar-refractivity contribution in [3.05, 3.63) is 101 Å². The molecule has 2 aromatic heterocycles. The van der Waals surface area contributed by atoms with E-state index in [0.29, 0.717) is 47.2 Å². The maximum absolute atomic E-state index is 16.0. The van der Waals surface area contributed by atoms with E-state index in [1.54, 1.807) is 42.7 Å². The summed E-state index contributed by atoms with van der Waals surface area (Å²) in [5.41, 5.74) is 10.1. The molecule has 0 saturated carbocycles. The number of carbonyl (C=O) groups is 3. The summed E-state index contributed by atoms with van der Waals surface area (Å²) in [6, 6.07) is 15.3. The fraction of sp³-hybridized carbons (Fsp3) is 0.229. The molecule has 7 N–H and O–H groups in total. The number of carboxylic acids is 3. The van der Waals surface area contributed by atoms with Gasteiger partial charge in [0.05, 0.1) is 24.1 Å². The summed E-state index contributed by atoms with van der Waals surface area (Å²) >= 11 is 0. The monoisotopic (exact) mass is 767 g/mol. The van der Waals surface area contributed by atoms with E-state index in [4.69, 9.17) is 30.3 Å². The number of aromatic amines is 1. The highest BCUT2D eigenvalue weighted by Crippen LogP contribution is 2.35. The number of aryl methyl sites for hydroxylation is 2. The Morgan fingerprint density at radius 1 is 0.907 bits per heavy atom. The summed E-state index contributed by atoms with van der Waals surface area (Å²) in [6.45, 7) is 6.01. The Labute approximate surface area is 301 Å². The van der Waals surface area contributed by atoms with Gasteiger partial charge in [0.1, 0.15) is 17.7 Å². The summed E-state index contributed by atoms with van der Waals surface area (Å²) in [7, 11) is 0. The number of nitrogens with one attached hydrogen (secondary N) is 2. The Morgan fingerprint density at radius 2 is 1.54 bits per heavy atom. The smallest absolute Gasteiger partial charge is 0.490 e. The number of hydrogen-bond donors (Lipinski definition) is 6. The summed E-state index contributed by atoms with van der Waals surface area (Å²) in [5.74, 6) is -6.05. The molecule has 1 unspecified atom stereocenters. The van der Waals surface area contributed by atoms with Crippen LogP contribution in [0.25, 0.3) is 22.0 Å². The van der Waals surface area contributed by atoms with Crippen molar-refractivity contribution in [1.82, 2.24) is 15.0 Å². The third-order valence-electron chi connectivity index (χ3n) is 7.30. The first-order chi connectivity index (χ1) is 25.2. The van der Waals surface area contributed by atoms with Gasteiger partial charge in [0.15, 0.2) is 11.6 Å². The first-order valence-corrected chi connectivity index (χ1v) is 15.5. The Morgan fingerprint density at radius 3 is 2.09 bits per heavy atom. The molecule has 19 heteroatoms. The first-order valence-electron chi connectivity index (χ1n) is 15.5. The van der Waals surface area contributed by atoms with E-state index in [-0.39, 0.29) is 11.3 Å². The van der Waals surface area contributed by atoms with Gasteiger partial charge in [-0.3, -0.25) is 0 Å². The molecule has 12 nitrogen and oxygen atoms in total. The number of pyridine rings is 1. The standard InChI is InChI=1S/C31H30FN5O3.2C2HF3O2/c1-4-18-13-24(27(32)26(14-18)40-5-2)28(36-20-7-9-21-19(15-20)10-11-34-29(21)33)30-35-16-25(37-30)23-12-17(3)6-8-22(23)31(38)39;2*3-2(4,5)1(6)7/h6-16,28,36H,4-5H2,1-3H3,(H2,33,34)(H,35,37)(H,38,39);2*(H,6,7). The SMILES string of the molecule is CCOc1cc(CC)cc(C(Nc2ccc3c(N)nccc3c2)c2ncc(-c3cc(C)ccc3C(=O)O)[nH]2)c1F.O=C(O)C(F)(F)F.O=C(O)C(F)(F)F. The van der Waals surface area contributed by atoms with Gasteiger partial charge in [-0.25, -0.2) is 28.7 Å². The summed E-state index contributed by atoms with van der Waals surface area (Å²) in [5, 5.41) is 29.1. The van der Waals surface area contributed by atoms with Gasteiger partial charge in [0.25, 0.3) is 0 Å². The Bertz CT molecular complexity index is 2110. The average molecular weight is 768 g/mol. The maximum Gasteiger partial charge on any atom is 0.490 e. The molecule has 0 aliphatic rings. The number of fused-ring (bicyclic) bond motifs is 1. The largest absolute Gasteiger partial charge is 0.491 e. The topological polar surface area (TPSA) is 201 Å². The second kappa shape index (κ2) is 17.4. The third-order valence-corrected chi connectivity index (χ3v) is 7.30. The number of nitrogens with two attached hydrogens (primary N) is 1. The van der Waals surface area contributed by atoms with Gasteiger partial charge >= 0.3 is 30.3 Å². The lowest BCUT2D eigenvalue weighted by Crippen LogP contribution is -2.21. The molecule has 0 fully saturated rings. The summed E-state index contributed by atoms with van der Waals surface area (Å²) in [6.07, 6.45) is -6.28. The lowest BCUT2D eigenvalue weighted by atomic mass is 9.99. The van der Waals surface area contributed by atoms with Gasteiger partial charge in [-0.05, 0) is 73.7 Å². The molecular formula is C35H32F7N5O7. The van der Waals surface area contributed by atoms with Crippen LogP contribution in [0.2, 0.25) is 0 Å². The Balaban J connectivity index is 0.000000476. The fourth-order valence-corrected chi connectivity index (χ4v) is 4.79. The van der Waals surface area contributed by atoms with Crippen molar-refractivity contribution in [2.24, 2.45) is 0 Å². The molecule has 0 bridgehead atoms. The zero-order valence-electron chi connectivity index (χ0n) is 28.4. The third kappa shape index (κ3) is 10.8. The molecule has 3 aromatic carbocycles. The number of alkyl halides is 6. The van der Waals surface area contributed by atoms with Crippen LogP contribution in [-0.4, -0.2) is 67.1 Å². The molecular weight excluding hydrogens is 735 g/mol. The quantitative estimate of drug-likeness (QED) is 0.0800. The molecule has 0 radical (unpaired) electrons. The number of benzene rings is 3. The molecule has 1 atom stereocenters. The van der Waals surface area contributed by atoms with Crippen molar-refractivity contribution in [3.63, 3.8) is 0 Å². The van der Waals surface area contributed by atoms with Gasteiger partial charge in [0, 0.05) is 28.4 Å². The minimum atomic E-state index is -5.08. The van der Waals surface area contributed by atoms with Crippen molar-refractivity contribution in [3.8, 4) is 17.0 Å². The average Bonchev–Trinajstić information content (AvgIpc) is 3.58. The van der Waals surface area contributed by atoms with E-state index in [1.165, 1.54) is 0 Å². The lowest BCUT2D eigenvalue weighted by Gasteiger charge is -2.22. The molecule has 5 aromatic rings. The highest BCUT2D eigenvalue weighted by atomic mass is 19.4. The normalized spacial score (nSPS) is 11.7. The predicted molar refractivity (Wildman–Crippen MR) is 182 cm³/mol. The number of nitrogens with zero attached hydrogens (tertiary/aromatic N) is 2. The van der Waals surface area contributed by atoms with Crippen LogP contribution in [0.4, 0.5) is 42.2 Å². The van der Waals surface area contributed by atoms with E-state index in [1.807, 2.05) is 45.0 Å². The molecule has 54 heavy (non-hydrogen) atoms. The van der Waals surface area contributed by atoms with Gasteiger partial charge < -0.3 is 36.1 Å². The van der Waals surface area contributed by atoms with E-state index < -0.39 is 42.1 Å². The number of hydrogen-bond acceptors (Lipinski definition) is 8. The maximum atomic E-state index is 16.0. The molecule has 0 saturated heterocycles. The number of rotatable bonds is 9. The fourth-order valence-electron chi connectivity index (χ4n) is 4.79. The highest BCUT2D eigenvalue weighted by molar-refractivity contribution is 5.95. The van der Waals surface area contributed by atoms with Crippen molar-refractivity contribution in [2.45, 2.75) is 45.6 Å². The van der Waals surface area contributed by atoms with E-state index in [2.05, 4.69) is 20.3 Å². The molecule has 0 amide bonds. The van der Waals surface area contributed by atoms with Crippen LogP contribution in [0, 0.1) is 12.7 Å². The van der Waals surface area contributed by atoms with Crippen LogP contribution < -0.4 is 15.8 Å². The van der Waals surface area contributed by atoms with E-state index in [0.717, 1.165) is 21.9 Å². The minimum absolute atomic E-state index is 0.142. The number of carboxylic acid groups (broad SMARTS) is 3. The van der Waals surface area contributed by atoms with Crippen molar-refractivity contribution >= 4 is 40.2 Å². The number of aromatic carboxylic acids is 1. The van der Waals surface area contributed by atoms with Gasteiger partial charge in [-0.1, -0.05) is 24.6 Å². The number of H-pyrrole nitrogens is 1. The number of aliphatic carboxylic acids is 2. The van der Waals surface area contributed by atoms with Crippen molar-refractivity contribution in [2.75, 3.05) is 17.7 Å². The van der Waals surface area contributed by atoms with E-state index in [9.17, 15) is 36.2 Å². The van der Waals surface area contributed by atoms with Crippen molar-refractivity contribution in [1.29, 1.82) is 0 Å². The number of imidazole rings is 1. The number of ether oxygens (including phenoxy) is 1. The van der Waals surface area contributed by atoms with Gasteiger partial charge in [-0.15, -0.1) is 0 Å². The van der Waals surface area contributed by atoms with Gasteiger partial charge in [0.2, 0.25) is 0 Å². The van der Waals surface area contributed by atoms with Crippen LogP contribution in [0.3, 0.4) is 0 Å². The summed E-state index contributed by atoms with van der Waals surface area (Å²) in [4.78, 5) is 41.7. The van der Waals surface area contributed by atoms with Crippen LogP contribution >= 0.6 is 0 Å². The lowest BCUT2D eigenvalue weighted by molar-refractivity contribution is -0.193. The molecule has 2 heterocycles. The van der Waals surface area contributed by atoms with Crippen molar-refractivity contribution < 1.29 is 65.2 Å². The molecule has 288 valence electrons. The Hall–Kier alpha value is -6.40. The molecule has 0 spiro atoms. The summed E-state index contributed by atoms with van der Waals surface area (Å²) < 4.78 is 85.1. The Kier molecular flexibility index (Phi) is 13.5. The van der Waals surface area contributed by atoms with Crippen LogP contribution in [0.1, 0.15) is 52.8 Å². The molecule has 0 aliphatic heterocycles. The van der Waals surface area contributed by atoms with Crippen LogP contribution in [-0.2, 0) is 16.0 Å². The predicted octanol–water partition coefficient (Wildman–Crippen LogP) is 7.78. The molecule has 5 rings (SSSR count). The second-order valence-electron chi connectivity index (χ2n) is 11.1. The number of aromatic nitrogens is 3. The number of nitrogen functional groups attached to an aromatic ring is 1.